The number of fused-ring (bicyclic) bond motifs is 3. The molecule has 2 heterocycles. The molecule has 0 aromatic carbocycles. The minimum atomic E-state index is 0.0657. The minimum Gasteiger partial charge on any atom is -0.329 e. The number of hydrogen-bond acceptors (Lipinski definition) is 3. The van der Waals surface area contributed by atoms with Gasteiger partial charge in [0.2, 0.25) is 0 Å². The molecule has 2 aromatic rings. The molecule has 5 heteroatoms. The molecule has 0 saturated heterocycles. The summed E-state index contributed by atoms with van der Waals surface area (Å²) in [4.78, 5) is 23.9. The highest BCUT2D eigenvalue weighted by molar-refractivity contribution is 7.18. The van der Waals surface area contributed by atoms with Crippen molar-refractivity contribution >= 4 is 21.6 Å². The summed E-state index contributed by atoms with van der Waals surface area (Å²) in [5, 5.41) is 0.864. The van der Waals surface area contributed by atoms with E-state index in [1.54, 1.807) is 11.3 Å². The van der Waals surface area contributed by atoms with Crippen molar-refractivity contribution in [1.29, 1.82) is 0 Å². The van der Waals surface area contributed by atoms with Crippen molar-refractivity contribution < 1.29 is 4.90 Å². The number of nitrogens with zero attached hydrogens (tertiary/aromatic N) is 1. The van der Waals surface area contributed by atoms with Crippen LogP contribution in [0.5, 0.6) is 0 Å². The molecule has 1 aliphatic carbocycles. The van der Waals surface area contributed by atoms with Crippen LogP contribution in [0.3, 0.4) is 0 Å². The number of thiophene rings is 1. The Morgan fingerprint density at radius 3 is 2.75 bits per heavy atom. The number of nitrogens with one attached hydrogen (secondary N) is 2. The second-order valence-corrected chi connectivity index (χ2v) is 6.62. The Morgan fingerprint density at radius 1 is 1.25 bits per heavy atom. The molecule has 0 fully saturated rings. The highest BCUT2D eigenvalue weighted by Gasteiger charge is 2.20. The minimum absolute atomic E-state index is 0.0657. The Kier molecular flexibility index (Phi) is 3.89. The molecule has 0 radical (unpaired) electrons. The third kappa shape index (κ3) is 2.40. The van der Waals surface area contributed by atoms with E-state index in [1.165, 1.54) is 28.2 Å². The SMILES string of the molecule is CC[NH+](CC)Cc1nc2sc3c(c2c(=O)[nH]1)CCCC3. The monoisotopic (exact) mass is 292 g/mol. The third-order valence-electron chi connectivity index (χ3n) is 4.29. The van der Waals surface area contributed by atoms with E-state index in [0.29, 0.717) is 0 Å². The first kappa shape index (κ1) is 13.8. The Morgan fingerprint density at radius 2 is 2.00 bits per heavy atom. The summed E-state index contributed by atoms with van der Waals surface area (Å²) in [5.74, 6) is 0.833. The van der Waals surface area contributed by atoms with Gasteiger partial charge in [0.25, 0.3) is 5.56 Å². The first-order valence-electron chi connectivity index (χ1n) is 7.60. The van der Waals surface area contributed by atoms with Gasteiger partial charge in [0.05, 0.1) is 18.5 Å². The van der Waals surface area contributed by atoms with Crippen molar-refractivity contribution in [3.8, 4) is 0 Å². The number of H-pyrrole nitrogens is 1. The standard InChI is InChI=1S/C15H21N3OS/c1-3-18(4-2)9-12-16-14(19)13-10-7-5-6-8-11(10)20-15(13)17-12/h3-9H2,1-2H3,(H,16,17,19)/p+1. The summed E-state index contributed by atoms with van der Waals surface area (Å²) >= 11 is 1.73. The lowest BCUT2D eigenvalue weighted by Crippen LogP contribution is -3.10. The zero-order valence-electron chi connectivity index (χ0n) is 12.2. The van der Waals surface area contributed by atoms with Crippen LogP contribution in [0.15, 0.2) is 4.79 Å². The molecule has 20 heavy (non-hydrogen) atoms. The summed E-state index contributed by atoms with van der Waals surface area (Å²) in [6, 6.07) is 0. The second-order valence-electron chi connectivity index (χ2n) is 5.54. The van der Waals surface area contributed by atoms with Crippen LogP contribution in [-0.4, -0.2) is 23.1 Å². The van der Waals surface area contributed by atoms with Crippen molar-refractivity contribution in [3.63, 3.8) is 0 Å². The first-order valence-corrected chi connectivity index (χ1v) is 8.41. The van der Waals surface area contributed by atoms with Gasteiger partial charge in [0.15, 0.2) is 5.82 Å². The molecule has 0 saturated carbocycles. The van der Waals surface area contributed by atoms with E-state index in [0.717, 1.165) is 48.5 Å². The normalized spacial score (nSPS) is 14.9. The van der Waals surface area contributed by atoms with Crippen LogP contribution in [0.1, 0.15) is 43.0 Å². The van der Waals surface area contributed by atoms with Gasteiger partial charge in [-0.2, -0.15) is 0 Å². The van der Waals surface area contributed by atoms with Gasteiger partial charge in [-0.25, -0.2) is 4.98 Å². The molecule has 0 aliphatic heterocycles. The van der Waals surface area contributed by atoms with Crippen LogP contribution in [-0.2, 0) is 19.4 Å². The molecule has 0 bridgehead atoms. The van der Waals surface area contributed by atoms with Gasteiger partial charge in [-0.15, -0.1) is 11.3 Å². The average molecular weight is 292 g/mol. The Bertz CT molecular complexity index is 670. The number of aromatic nitrogens is 2. The number of hydrogen-bond donors (Lipinski definition) is 2. The van der Waals surface area contributed by atoms with Gasteiger partial charge >= 0.3 is 0 Å². The Labute approximate surface area is 122 Å². The molecule has 3 rings (SSSR count). The third-order valence-corrected chi connectivity index (χ3v) is 5.48. The highest BCUT2D eigenvalue weighted by Crippen LogP contribution is 2.33. The zero-order valence-corrected chi connectivity index (χ0v) is 13.0. The molecule has 0 atom stereocenters. The Hall–Kier alpha value is -1.20. The van der Waals surface area contributed by atoms with Crippen molar-refractivity contribution in [2.24, 2.45) is 0 Å². The smallest absolute Gasteiger partial charge is 0.260 e. The molecule has 1 aliphatic rings. The maximum atomic E-state index is 12.4. The molecular weight excluding hydrogens is 270 g/mol. The predicted molar refractivity (Wildman–Crippen MR) is 82.6 cm³/mol. The zero-order chi connectivity index (χ0) is 14.1. The maximum absolute atomic E-state index is 12.4. The van der Waals surface area contributed by atoms with Gasteiger partial charge in [0, 0.05) is 4.88 Å². The summed E-state index contributed by atoms with van der Waals surface area (Å²) in [6.07, 6.45) is 4.60. The fraction of sp³-hybridized carbons (Fsp3) is 0.600. The number of rotatable bonds is 4. The van der Waals surface area contributed by atoms with E-state index in [4.69, 9.17) is 4.98 Å². The predicted octanol–water partition coefficient (Wildman–Crippen LogP) is 1.29. The van der Waals surface area contributed by atoms with E-state index in [2.05, 4.69) is 18.8 Å². The van der Waals surface area contributed by atoms with Crippen molar-refractivity contribution in [2.75, 3.05) is 13.1 Å². The van der Waals surface area contributed by atoms with Gasteiger partial charge in [-0.3, -0.25) is 4.79 Å². The lowest BCUT2D eigenvalue weighted by Gasteiger charge is -2.14. The summed E-state index contributed by atoms with van der Waals surface area (Å²) in [7, 11) is 0. The lowest BCUT2D eigenvalue weighted by molar-refractivity contribution is -0.910. The Balaban J connectivity index is 2.04. The highest BCUT2D eigenvalue weighted by atomic mass is 32.1. The second kappa shape index (κ2) is 5.66. The lowest BCUT2D eigenvalue weighted by atomic mass is 9.97. The van der Waals surface area contributed by atoms with Gasteiger partial charge < -0.3 is 9.88 Å². The number of aromatic amines is 1. The summed E-state index contributed by atoms with van der Waals surface area (Å²) in [5.41, 5.74) is 1.34. The van der Waals surface area contributed by atoms with E-state index >= 15 is 0 Å². The van der Waals surface area contributed by atoms with E-state index in [9.17, 15) is 4.79 Å². The average Bonchev–Trinajstić information content (AvgIpc) is 2.83. The van der Waals surface area contributed by atoms with Gasteiger partial charge in [-0.1, -0.05) is 0 Å². The topological polar surface area (TPSA) is 50.2 Å². The van der Waals surface area contributed by atoms with Crippen molar-refractivity contribution in [3.05, 3.63) is 26.6 Å². The van der Waals surface area contributed by atoms with Crippen LogP contribution >= 0.6 is 11.3 Å². The number of aryl methyl sites for hydroxylation is 2. The quantitative estimate of drug-likeness (QED) is 0.892. The van der Waals surface area contributed by atoms with Crippen LogP contribution in [0.2, 0.25) is 0 Å². The molecule has 4 nitrogen and oxygen atoms in total. The fourth-order valence-corrected chi connectivity index (χ4v) is 4.31. The van der Waals surface area contributed by atoms with Gasteiger partial charge in [0.1, 0.15) is 11.4 Å². The van der Waals surface area contributed by atoms with Crippen LogP contribution < -0.4 is 10.5 Å². The molecule has 2 aromatic heterocycles. The van der Waals surface area contributed by atoms with Crippen LogP contribution in [0.4, 0.5) is 0 Å². The number of quaternary nitrogens is 1. The molecule has 108 valence electrons. The van der Waals surface area contributed by atoms with Crippen molar-refractivity contribution in [2.45, 2.75) is 46.1 Å². The van der Waals surface area contributed by atoms with Crippen LogP contribution in [0, 0.1) is 0 Å². The maximum Gasteiger partial charge on any atom is 0.260 e. The molecule has 0 unspecified atom stereocenters. The molecule has 0 spiro atoms. The first-order chi connectivity index (χ1) is 9.72. The van der Waals surface area contributed by atoms with E-state index in [1.807, 2.05) is 0 Å². The molecule has 0 amide bonds. The summed E-state index contributed by atoms with van der Waals surface area (Å²) in [6.45, 7) is 7.25. The van der Waals surface area contributed by atoms with E-state index in [-0.39, 0.29) is 5.56 Å². The molecular formula is C15H22N3OS+. The van der Waals surface area contributed by atoms with Crippen LogP contribution in [0.25, 0.3) is 10.2 Å². The molecule has 2 N–H and O–H groups in total. The largest absolute Gasteiger partial charge is 0.329 e. The van der Waals surface area contributed by atoms with Crippen molar-refractivity contribution in [1.82, 2.24) is 9.97 Å². The summed E-state index contributed by atoms with van der Waals surface area (Å²) < 4.78 is 0. The van der Waals surface area contributed by atoms with E-state index < -0.39 is 0 Å². The van der Waals surface area contributed by atoms with Gasteiger partial charge in [-0.05, 0) is 45.1 Å². The fourth-order valence-electron chi connectivity index (χ4n) is 3.03.